The van der Waals surface area contributed by atoms with E-state index >= 15 is 0 Å². The predicted octanol–water partition coefficient (Wildman–Crippen LogP) is 0.104. The fourth-order valence-corrected chi connectivity index (χ4v) is 8.32. The molecule has 0 spiro atoms. The summed E-state index contributed by atoms with van der Waals surface area (Å²) in [6.07, 6.45) is -5.85. The average molecular weight is 836 g/mol. The number of hydrogen-bond donors (Lipinski definition) is 9. The van der Waals surface area contributed by atoms with Crippen molar-refractivity contribution in [2.24, 2.45) is 5.41 Å². The standard InChI is InChI=1S/C26H44N7O16P3S/c1-15(2)6-9-53-10-8-28-17(34)5-7-29-24(37)21(36)26(3,4)12-46-52(43,44)49-51(41,42)45-11-16-20(48-50(38,39)40)19(35)25(47-16)33-14-32-18-22(27)30-13-31-23(18)33/h13-14,16,19-21,25,35-36H,1,5-12H2,2-4H3,(H,28,34)(H,29,37)(H,41,42)(H,43,44)(H2,27,30,31)(H2,38,39,40)/t16-,19-,20-,21?,25-/m1/s1. The molecule has 7 atom stereocenters. The maximum atomic E-state index is 12.6. The first-order valence-electron chi connectivity index (χ1n) is 15.6. The number of aliphatic hydroxyl groups excluding tert-OH is 2. The molecule has 0 bridgehead atoms. The summed E-state index contributed by atoms with van der Waals surface area (Å²) in [5.74, 6) is 0.277. The van der Waals surface area contributed by atoms with E-state index in [-0.39, 0.29) is 35.9 Å². The Bertz CT molecular complexity index is 1750. The van der Waals surface area contributed by atoms with Gasteiger partial charge in [-0.1, -0.05) is 19.4 Å². The Hall–Kier alpha value is -2.37. The molecule has 53 heavy (non-hydrogen) atoms. The Kier molecular flexibility index (Phi) is 16.1. The van der Waals surface area contributed by atoms with Crippen molar-refractivity contribution in [2.75, 3.05) is 43.5 Å². The number of imidazole rings is 1. The van der Waals surface area contributed by atoms with E-state index in [1.807, 2.05) is 6.92 Å². The molecule has 0 radical (unpaired) electrons. The number of fused-ring (bicyclic) bond motifs is 1. The van der Waals surface area contributed by atoms with Gasteiger partial charge in [-0.25, -0.2) is 28.6 Å². The molecule has 27 heteroatoms. The molecule has 3 heterocycles. The van der Waals surface area contributed by atoms with E-state index in [4.69, 9.17) is 19.5 Å². The number of amides is 2. The Balaban J connectivity index is 1.51. The number of ether oxygens (including phenoxy) is 1. The quantitative estimate of drug-likeness (QED) is 0.0431. The maximum Gasteiger partial charge on any atom is 0.481 e. The number of rotatable bonds is 22. The van der Waals surface area contributed by atoms with Gasteiger partial charge < -0.3 is 50.9 Å². The van der Waals surface area contributed by atoms with E-state index in [9.17, 15) is 53.1 Å². The number of aromatic nitrogens is 4. The number of nitrogens with one attached hydrogen (secondary N) is 2. The summed E-state index contributed by atoms with van der Waals surface area (Å²) in [7, 11) is -16.3. The zero-order chi connectivity index (χ0) is 39.8. The lowest BCUT2D eigenvalue weighted by atomic mass is 9.87. The van der Waals surface area contributed by atoms with Crippen molar-refractivity contribution in [3.05, 3.63) is 24.8 Å². The van der Waals surface area contributed by atoms with Gasteiger partial charge in [-0.15, -0.1) is 6.58 Å². The number of nitrogens with two attached hydrogens (primary N) is 1. The molecule has 300 valence electrons. The number of allylic oxidation sites excluding steroid dienone is 1. The van der Waals surface area contributed by atoms with E-state index in [0.29, 0.717) is 12.3 Å². The third-order valence-electron chi connectivity index (χ3n) is 7.32. The molecule has 2 aromatic heterocycles. The van der Waals surface area contributed by atoms with Crippen LogP contribution in [0.15, 0.2) is 24.8 Å². The van der Waals surface area contributed by atoms with Crippen molar-refractivity contribution in [3.63, 3.8) is 0 Å². The number of phosphoric ester groups is 3. The van der Waals surface area contributed by atoms with Crippen LogP contribution < -0.4 is 16.4 Å². The minimum atomic E-state index is -5.55. The van der Waals surface area contributed by atoms with Crippen LogP contribution in [0.5, 0.6) is 0 Å². The second-order valence-corrected chi connectivity index (χ2v) is 17.8. The van der Waals surface area contributed by atoms with Gasteiger partial charge in [0.2, 0.25) is 11.8 Å². The second kappa shape index (κ2) is 19.0. The largest absolute Gasteiger partial charge is 0.481 e. The summed E-state index contributed by atoms with van der Waals surface area (Å²) in [4.78, 5) is 75.4. The van der Waals surface area contributed by atoms with Crippen LogP contribution >= 0.6 is 35.2 Å². The van der Waals surface area contributed by atoms with Crippen molar-refractivity contribution in [2.45, 2.75) is 64.3 Å². The first-order chi connectivity index (χ1) is 24.5. The van der Waals surface area contributed by atoms with Gasteiger partial charge in [-0.3, -0.25) is 27.7 Å². The van der Waals surface area contributed by atoms with Gasteiger partial charge in [0.15, 0.2) is 17.7 Å². The number of hydrogen-bond acceptors (Lipinski definition) is 17. The number of nitrogens with zero attached hydrogens (tertiary/aromatic N) is 4. The highest BCUT2D eigenvalue weighted by molar-refractivity contribution is 7.99. The zero-order valence-electron chi connectivity index (χ0n) is 28.8. The van der Waals surface area contributed by atoms with Crippen LogP contribution in [-0.4, -0.2) is 123 Å². The van der Waals surface area contributed by atoms with Crippen molar-refractivity contribution in [1.29, 1.82) is 0 Å². The van der Waals surface area contributed by atoms with E-state index in [2.05, 4.69) is 41.0 Å². The van der Waals surface area contributed by atoms with E-state index in [0.717, 1.165) is 35.0 Å². The minimum Gasteiger partial charge on any atom is -0.386 e. The van der Waals surface area contributed by atoms with Crippen LogP contribution in [0.3, 0.4) is 0 Å². The zero-order valence-corrected chi connectivity index (χ0v) is 32.3. The molecular formula is C26H44N7O16P3S. The summed E-state index contributed by atoms with van der Waals surface area (Å²) < 4.78 is 62.0. The maximum absolute atomic E-state index is 12.6. The minimum absolute atomic E-state index is 0.0355. The SMILES string of the molecule is C=C(C)CCSCCNC(=O)CCNC(=O)C(O)C(C)(C)COP(=O)(O)OP(=O)(O)OC[C@H]1O[C@@H](n2cnc3c(N)ncnc32)[C@H](O)[C@@H]1OP(=O)(O)O. The van der Waals surface area contributed by atoms with E-state index in [1.54, 1.807) is 11.8 Å². The third-order valence-corrected chi connectivity index (χ3v) is 11.4. The van der Waals surface area contributed by atoms with Gasteiger partial charge in [0, 0.05) is 30.7 Å². The first kappa shape index (κ1) is 45.0. The van der Waals surface area contributed by atoms with Gasteiger partial charge in [-0.05, 0) is 19.1 Å². The summed E-state index contributed by atoms with van der Waals surface area (Å²) in [6.45, 7) is 6.62. The number of thioether (sulfide) groups is 1. The number of aliphatic hydroxyl groups is 2. The van der Waals surface area contributed by atoms with Gasteiger partial charge in [-0.2, -0.15) is 16.1 Å². The Morgan fingerprint density at radius 1 is 1.08 bits per heavy atom. The Morgan fingerprint density at radius 2 is 1.75 bits per heavy atom. The van der Waals surface area contributed by atoms with Crippen LogP contribution in [0, 0.1) is 5.41 Å². The van der Waals surface area contributed by atoms with Crippen LogP contribution in [0.1, 0.15) is 39.8 Å². The number of nitrogen functional groups attached to an aromatic ring is 1. The summed E-state index contributed by atoms with van der Waals surface area (Å²) >= 11 is 1.65. The lowest BCUT2D eigenvalue weighted by molar-refractivity contribution is -0.137. The van der Waals surface area contributed by atoms with Crippen molar-refractivity contribution in [1.82, 2.24) is 30.2 Å². The topological polar surface area (TPSA) is 347 Å². The highest BCUT2D eigenvalue weighted by Crippen LogP contribution is 2.61. The second-order valence-electron chi connectivity index (χ2n) is 12.4. The van der Waals surface area contributed by atoms with Crippen molar-refractivity contribution < 1.29 is 75.7 Å². The highest BCUT2D eigenvalue weighted by Gasteiger charge is 2.50. The van der Waals surface area contributed by atoms with Gasteiger partial charge >= 0.3 is 23.5 Å². The molecule has 10 N–H and O–H groups in total. The number of phosphoric acid groups is 3. The fourth-order valence-electron chi connectivity index (χ4n) is 4.55. The fraction of sp³-hybridized carbons (Fsp3) is 0.654. The molecule has 1 saturated heterocycles. The smallest absolute Gasteiger partial charge is 0.386 e. The van der Waals surface area contributed by atoms with E-state index < -0.39 is 78.6 Å². The van der Waals surface area contributed by atoms with Crippen molar-refractivity contribution >= 4 is 64.0 Å². The lowest BCUT2D eigenvalue weighted by Crippen LogP contribution is -2.46. The highest BCUT2D eigenvalue weighted by atomic mass is 32.2. The number of carbonyl (C=O) groups excluding carboxylic acids is 2. The molecule has 0 saturated carbocycles. The molecule has 1 fully saturated rings. The Morgan fingerprint density at radius 3 is 2.42 bits per heavy atom. The first-order valence-corrected chi connectivity index (χ1v) is 21.3. The molecule has 0 aliphatic carbocycles. The number of carbonyl (C=O) groups is 2. The molecule has 1 aliphatic rings. The molecular weight excluding hydrogens is 791 g/mol. The van der Waals surface area contributed by atoms with Gasteiger partial charge in [0.05, 0.1) is 19.5 Å². The molecule has 2 aromatic rings. The average Bonchev–Trinajstić information content (AvgIpc) is 3.60. The number of anilines is 1. The third kappa shape index (κ3) is 14.0. The molecule has 23 nitrogen and oxygen atoms in total. The molecule has 3 unspecified atom stereocenters. The van der Waals surface area contributed by atoms with Crippen LogP contribution in [0.2, 0.25) is 0 Å². The molecule has 3 rings (SSSR count). The normalized spacial score (nSPS) is 22.2. The monoisotopic (exact) mass is 835 g/mol. The van der Waals surface area contributed by atoms with Gasteiger partial charge in [0.25, 0.3) is 0 Å². The van der Waals surface area contributed by atoms with Gasteiger partial charge in [0.1, 0.15) is 36.3 Å². The predicted molar refractivity (Wildman–Crippen MR) is 186 cm³/mol. The van der Waals surface area contributed by atoms with Crippen LogP contribution in [0.4, 0.5) is 5.82 Å². The molecule has 0 aromatic carbocycles. The summed E-state index contributed by atoms with van der Waals surface area (Å²) in [5.41, 5.74) is 5.38. The van der Waals surface area contributed by atoms with Crippen molar-refractivity contribution in [3.8, 4) is 0 Å². The Labute approximate surface area is 307 Å². The van der Waals surface area contributed by atoms with E-state index in [1.165, 1.54) is 13.8 Å². The molecule has 2 amide bonds. The molecule has 1 aliphatic heterocycles. The van der Waals surface area contributed by atoms with Crippen LogP contribution in [-0.2, 0) is 45.9 Å². The summed E-state index contributed by atoms with van der Waals surface area (Å²) in [6, 6.07) is 0. The lowest BCUT2D eigenvalue weighted by Gasteiger charge is -2.30. The van der Waals surface area contributed by atoms with Crippen LogP contribution in [0.25, 0.3) is 11.2 Å². The summed E-state index contributed by atoms with van der Waals surface area (Å²) in [5, 5.41) is 26.5.